The van der Waals surface area contributed by atoms with Gasteiger partial charge in [-0.1, -0.05) is 50.2 Å². The molecule has 0 saturated carbocycles. The molecule has 3 heterocycles. The van der Waals surface area contributed by atoms with E-state index in [0.29, 0.717) is 30.6 Å². The van der Waals surface area contributed by atoms with E-state index in [2.05, 4.69) is 13.8 Å². The van der Waals surface area contributed by atoms with Crippen LogP contribution in [0.5, 0.6) is 0 Å². The summed E-state index contributed by atoms with van der Waals surface area (Å²) in [6.07, 6.45) is 2.95. The molecular weight excluding hydrogens is 336 g/mol. The van der Waals surface area contributed by atoms with E-state index in [1.165, 1.54) is 0 Å². The molecular formula is C23H24N2O2. The number of Topliss-reactive ketones (excluding diaryl/α,β-unsaturated/α-hetero) is 1. The largest absolute Gasteiger partial charge is 0.335 e. The molecule has 1 fully saturated rings. The Morgan fingerprint density at radius 3 is 2.30 bits per heavy atom. The quantitative estimate of drug-likeness (QED) is 0.516. The van der Waals surface area contributed by atoms with Crippen LogP contribution in [-0.2, 0) is 4.79 Å². The molecule has 1 amide bonds. The number of pyridine rings is 1. The smallest absolute Gasteiger partial charge is 0.296 e. The third-order valence-corrected chi connectivity index (χ3v) is 5.33. The van der Waals surface area contributed by atoms with Crippen molar-refractivity contribution in [3.05, 3.63) is 66.5 Å². The van der Waals surface area contributed by atoms with Crippen LogP contribution < -0.4 is 0 Å². The van der Waals surface area contributed by atoms with Crippen LogP contribution in [0.3, 0.4) is 0 Å². The van der Waals surface area contributed by atoms with Crippen LogP contribution in [-0.4, -0.2) is 34.1 Å². The molecule has 0 spiro atoms. The van der Waals surface area contributed by atoms with Crippen molar-refractivity contribution in [3.63, 3.8) is 0 Å². The highest BCUT2D eigenvalue weighted by molar-refractivity contribution is 6.43. The lowest BCUT2D eigenvalue weighted by Gasteiger charge is -2.34. The summed E-state index contributed by atoms with van der Waals surface area (Å²) < 4.78 is 1.83. The van der Waals surface area contributed by atoms with E-state index >= 15 is 0 Å². The van der Waals surface area contributed by atoms with Gasteiger partial charge in [-0.3, -0.25) is 9.59 Å². The second-order valence-corrected chi connectivity index (χ2v) is 7.75. The second kappa shape index (κ2) is 7.03. The number of carbonyl (C=O) groups is 2. The first-order valence-electron chi connectivity index (χ1n) is 9.53. The number of likely N-dealkylation sites (tertiary alicyclic amines) is 1. The number of hydrogen-bond acceptors (Lipinski definition) is 2. The standard InChI is InChI=1S/C23H24N2O2/c1-16-12-17(2)15-24(14-16)23(27)22(26)21-20(18-8-4-3-5-9-18)13-19-10-6-7-11-25(19)21/h3-11,13,16-17H,12,14-15H2,1-2H3. The number of piperidine rings is 1. The summed E-state index contributed by atoms with van der Waals surface area (Å²) in [4.78, 5) is 28.1. The Labute approximate surface area is 159 Å². The molecule has 1 aromatic carbocycles. The summed E-state index contributed by atoms with van der Waals surface area (Å²) in [5, 5.41) is 0. The summed E-state index contributed by atoms with van der Waals surface area (Å²) in [5.41, 5.74) is 3.11. The molecule has 2 unspecified atom stereocenters. The van der Waals surface area contributed by atoms with Gasteiger partial charge in [0.15, 0.2) is 0 Å². The Bertz CT molecular complexity index is 980. The fraction of sp³-hybridized carbons (Fsp3) is 0.304. The maximum absolute atomic E-state index is 13.3. The molecule has 2 aromatic heterocycles. The number of nitrogens with zero attached hydrogens (tertiary/aromatic N) is 2. The highest BCUT2D eigenvalue weighted by Crippen LogP contribution is 2.29. The number of hydrogen-bond donors (Lipinski definition) is 0. The van der Waals surface area contributed by atoms with Gasteiger partial charge in [-0.05, 0) is 42.0 Å². The van der Waals surface area contributed by atoms with Crippen LogP contribution in [0.4, 0.5) is 0 Å². The van der Waals surface area contributed by atoms with Gasteiger partial charge in [-0.25, -0.2) is 0 Å². The summed E-state index contributed by atoms with van der Waals surface area (Å²) in [7, 11) is 0. The molecule has 1 aliphatic rings. The van der Waals surface area contributed by atoms with Crippen LogP contribution in [0.2, 0.25) is 0 Å². The van der Waals surface area contributed by atoms with Gasteiger partial charge in [-0.15, -0.1) is 0 Å². The van der Waals surface area contributed by atoms with Gasteiger partial charge in [0.2, 0.25) is 0 Å². The molecule has 4 rings (SSSR count). The van der Waals surface area contributed by atoms with Gasteiger partial charge in [0.1, 0.15) is 5.69 Å². The molecule has 3 aromatic rings. The maximum atomic E-state index is 13.3. The minimum Gasteiger partial charge on any atom is -0.335 e. The summed E-state index contributed by atoms with van der Waals surface area (Å²) in [6, 6.07) is 17.5. The number of amides is 1. The SMILES string of the molecule is CC1CC(C)CN(C(=O)C(=O)c2c(-c3ccccc3)cc3ccccn23)C1. The minimum atomic E-state index is -0.429. The van der Waals surface area contributed by atoms with Crippen molar-refractivity contribution in [2.75, 3.05) is 13.1 Å². The van der Waals surface area contributed by atoms with Crippen molar-refractivity contribution in [3.8, 4) is 11.1 Å². The fourth-order valence-electron chi connectivity index (χ4n) is 4.27. The highest BCUT2D eigenvalue weighted by Gasteiger charge is 2.32. The zero-order valence-corrected chi connectivity index (χ0v) is 15.8. The van der Waals surface area contributed by atoms with Gasteiger partial charge < -0.3 is 9.30 Å². The number of rotatable bonds is 3. The van der Waals surface area contributed by atoms with Gasteiger partial charge in [0.05, 0.1) is 0 Å². The van der Waals surface area contributed by atoms with E-state index in [1.54, 1.807) is 4.90 Å². The van der Waals surface area contributed by atoms with E-state index in [4.69, 9.17) is 0 Å². The second-order valence-electron chi connectivity index (χ2n) is 7.75. The van der Waals surface area contributed by atoms with Crippen LogP contribution in [0, 0.1) is 11.8 Å². The fourth-order valence-corrected chi connectivity index (χ4v) is 4.27. The Kier molecular flexibility index (Phi) is 4.56. The van der Waals surface area contributed by atoms with Crippen molar-refractivity contribution in [1.29, 1.82) is 0 Å². The van der Waals surface area contributed by atoms with Crippen LogP contribution >= 0.6 is 0 Å². The van der Waals surface area contributed by atoms with Gasteiger partial charge in [-0.2, -0.15) is 0 Å². The van der Waals surface area contributed by atoms with Crippen molar-refractivity contribution in [1.82, 2.24) is 9.30 Å². The molecule has 0 N–H and O–H groups in total. The molecule has 1 saturated heterocycles. The van der Waals surface area contributed by atoms with Crippen molar-refractivity contribution < 1.29 is 9.59 Å². The van der Waals surface area contributed by atoms with Crippen LogP contribution in [0.25, 0.3) is 16.6 Å². The summed E-state index contributed by atoms with van der Waals surface area (Å²) in [5.74, 6) is 0.0158. The minimum absolute atomic E-state index is 0.394. The Morgan fingerprint density at radius 1 is 0.926 bits per heavy atom. The van der Waals surface area contributed by atoms with Crippen LogP contribution in [0.1, 0.15) is 30.8 Å². The molecule has 0 bridgehead atoms. The first kappa shape index (κ1) is 17.5. The average Bonchev–Trinajstić information content (AvgIpc) is 3.06. The lowest BCUT2D eigenvalue weighted by molar-refractivity contribution is -0.129. The predicted octanol–water partition coefficient (Wildman–Crippen LogP) is 4.29. The van der Waals surface area contributed by atoms with Gasteiger partial charge in [0.25, 0.3) is 11.7 Å². The van der Waals surface area contributed by atoms with Gasteiger partial charge in [0, 0.05) is 30.4 Å². The molecule has 4 heteroatoms. The molecule has 0 aliphatic carbocycles. The van der Waals surface area contributed by atoms with Crippen molar-refractivity contribution in [2.24, 2.45) is 11.8 Å². The van der Waals surface area contributed by atoms with E-state index < -0.39 is 11.7 Å². The summed E-state index contributed by atoms with van der Waals surface area (Å²) in [6.45, 7) is 5.59. The maximum Gasteiger partial charge on any atom is 0.296 e. The van der Waals surface area contributed by atoms with Gasteiger partial charge >= 0.3 is 0 Å². The van der Waals surface area contributed by atoms with Crippen molar-refractivity contribution >= 4 is 17.2 Å². The van der Waals surface area contributed by atoms with Crippen molar-refractivity contribution in [2.45, 2.75) is 20.3 Å². The number of ketones is 1. The number of benzene rings is 1. The number of fused-ring (bicyclic) bond motifs is 1. The summed E-state index contributed by atoms with van der Waals surface area (Å²) >= 11 is 0. The zero-order valence-electron chi connectivity index (χ0n) is 15.8. The third-order valence-electron chi connectivity index (χ3n) is 5.33. The first-order chi connectivity index (χ1) is 13.0. The lowest BCUT2D eigenvalue weighted by Crippen LogP contribution is -2.45. The molecule has 27 heavy (non-hydrogen) atoms. The van der Waals surface area contributed by atoms with E-state index in [1.807, 2.05) is 65.2 Å². The van der Waals surface area contributed by atoms with E-state index in [-0.39, 0.29) is 0 Å². The third kappa shape index (κ3) is 3.27. The van der Waals surface area contributed by atoms with E-state index in [9.17, 15) is 9.59 Å². The topological polar surface area (TPSA) is 41.8 Å². The van der Waals surface area contributed by atoms with E-state index in [0.717, 1.165) is 23.1 Å². The molecule has 1 aliphatic heterocycles. The highest BCUT2D eigenvalue weighted by atomic mass is 16.2. The molecule has 2 atom stereocenters. The lowest BCUT2D eigenvalue weighted by atomic mass is 9.91. The Hall–Kier alpha value is -2.88. The number of carbonyl (C=O) groups excluding carboxylic acids is 2. The monoisotopic (exact) mass is 360 g/mol. The average molecular weight is 360 g/mol. The first-order valence-corrected chi connectivity index (χ1v) is 9.53. The zero-order chi connectivity index (χ0) is 19.0. The van der Waals surface area contributed by atoms with Crippen LogP contribution in [0.15, 0.2) is 60.8 Å². The molecule has 0 radical (unpaired) electrons. The molecule has 138 valence electrons. The number of aromatic nitrogens is 1. The Morgan fingerprint density at radius 2 is 1.59 bits per heavy atom. The normalized spacial score (nSPS) is 20.0. The Balaban J connectivity index is 1.78. The molecule has 4 nitrogen and oxygen atoms in total. The predicted molar refractivity (Wildman–Crippen MR) is 107 cm³/mol.